The van der Waals surface area contributed by atoms with Crippen molar-refractivity contribution in [3.8, 4) is 0 Å². The van der Waals surface area contributed by atoms with Crippen molar-refractivity contribution >= 4 is 42.4 Å². The molecule has 3 aromatic carbocycles. The number of aryl methyl sites for hydroxylation is 2. The van der Waals surface area contributed by atoms with Crippen LogP contribution >= 0.6 is 11.3 Å². The summed E-state index contributed by atoms with van der Waals surface area (Å²) >= 11 is 1.46. The summed E-state index contributed by atoms with van der Waals surface area (Å²) in [5, 5.41) is 0.583. The van der Waals surface area contributed by atoms with Crippen molar-refractivity contribution in [3.63, 3.8) is 0 Å². The molecule has 1 amide bonds. The van der Waals surface area contributed by atoms with Gasteiger partial charge in [0.15, 0.2) is 15.0 Å². The zero-order valence-electron chi connectivity index (χ0n) is 18.7. The summed E-state index contributed by atoms with van der Waals surface area (Å²) in [6, 6.07) is 22.5. The largest absolute Gasteiger partial charge is 0.284 e. The third-order valence-electron chi connectivity index (χ3n) is 5.53. The summed E-state index contributed by atoms with van der Waals surface area (Å²) in [7, 11) is -3.56. The molecule has 0 saturated heterocycles. The van der Waals surface area contributed by atoms with Crippen LogP contribution < -0.4 is 4.90 Å². The average Bonchev–Trinajstić information content (AvgIpc) is 3.25. The molecule has 0 aliphatic carbocycles. The van der Waals surface area contributed by atoms with Crippen LogP contribution in [0, 0.1) is 6.92 Å². The summed E-state index contributed by atoms with van der Waals surface area (Å²) < 4.78 is 26.6. The SMILES string of the molecule is CCc1ccc2nc(N(Cc3ccccc3)C(=O)CCS(=O)(=O)c3ccc(C)cc3)sc2c1. The van der Waals surface area contributed by atoms with Gasteiger partial charge in [0.2, 0.25) is 5.91 Å². The zero-order valence-corrected chi connectivity index (χ0v) is 20.3. The van der Waals surface area contributed by atoms with Gasteiger partial charge in [-0.1, -0.05) is 72.4 Å². The molecule has 4 aromatic rings. The molecule has 7 heteroatoms. The van der Waals surface area contributed by atoms with Crippen molar-refractivity contribution in [2.24, 2.45) is 0 Å². The van der Waals surface area contributed by atoms with Crippen molar-refractivity contribution in [1.82, 2.24) is 4.98 Å². The lowest BCUT2D eigenvalue weighted by Gasteiger charge is -2.20. The molecule has 0 aliphatic heterocycles. The van der Waals surface area contributed by atoms with Crippen molar-refractivity contribution in [3.05, 3.63) is 89.5 Å². The van der Waals surface area contributed by atoms with E-state index in [1.165, 1.54) is 16.9 Å². The highest BCUT2D eigenvalue weighted by molar-refractivity contribution is 7.91. The minimum Gasteiger partial charge on any atom is -0.284 e. The maximum absolute atomic E-state index is 13.3. The number of rotatable bonds is 8. The van der Waals surface area contributed by atoms with Crippen LogP contribution in [0.25, 0.3) is 10.2 Å². The van der Waals surface area contributed by atoms with Gasteiger partial charge in [0.25, 0.3) is 0 Å². The number of sulfone groups is 1. The summed E-state index contributed by atoms with van der Waals surface area (Å²) in [5.74, 6) is -0.505. The highest BCUT2D eigenvalue weighted by atomic mass is 32.2. The molecule has 5 nitrogen and oxygen atoms in total. The smallest absolute Gasteiger partial charge is 0.230 e. The third kappa shape index (κ3) is 5.49. The molecule has 0 N–H and O–H groups in total. The first-order chi connectivity index (χ1) is 15.9. The Balaban J connectivity index is 1.60. The highest BCUT2D eigenvalue weighted by Gasteiger charge is 2.23. The Hall–Kier alpha value is -3.03. The van der Waals surface area contributed by atoms with E-state index in [1.807, 2.05) is 49.4 Å². The Bertz CT molecular complexity index is 1360. The molecule has 0 aliphatic rings. The number of aromatic nitrogens is 1. The fraction of sp³-hybridized carbons (Fsp3) is 0.231. The number of fused-ring (bicyclic) bond motifs is 1. The lowest BCUT2D eigenvalue weighted by Crippen LogP contribution is -2.31. The quantitative estimate of drug-likeness (QED) is 0.332. The van der Waals surface area contributed by atoms with Gasteiger partial charge < -0.3 is 0 Å². The minimum absolute atomic E-state index is 0.112. The van der Waals surface area contributed by atoms with E-state index >= 15 is 0 Å². The van der Waals surface area contributed by atoms with Gasteiger partial charge in [-0.2, -0.15) is 0 Å². The van der Waals surface area contributed by atoms with Gasteiger partial charge in [-0.05, 0) is 48.7 Å². The maximum Gasteiger partial charge on any atom is 0.230 e. The van der Waals surface area contributed by atoms with Crippen LogP contribution in [-0.4, -0.2) is 25.1 Å². The molecule has 1 heterocycles. The number of amides is 1. The minimum atomic E-state index is -3.56. The zero-order chi connectivity index (χ0) is 23.4. The van der Waals surface area contributed by atoms with Gasteiger partial charge in [0.1, 0.15) is 0 Å². The van der Waals surface area contributed by atoms with E-state index in [-0.39, 0.29) is 23.0 Å². The average molecular weight is 479 g/mol. The van der Waals surface area contributed by atoms with Gasteiger partial charge in [0.05, 0.1) is 27.4 Å². The molecule has 0 bridgehead atoms. The third-order valence-corrected chi connectivity index (χ3v) is 8.30. The van der Waals surface area contributed by atoms with Crippen molar-refractivity contribution in [2.45, 2.75) is 38.1 Å². The van der Waals surface area contributed by atoms with Crippen LogP contribution in [0.1, 0.15) is 30.0 Å². The molecular weight excluding hydrogens is 452 g/mol. The molecule has 0 spiro atoms. The second kappa shape index (κ2) is 9.85. The monoisotopic (exact) mass is 478 g/mol. The van der Waals surface area contributed by atoms with E-state index < -0.39 is 9.84 Å². The Labute approximate surface area is 198 Å². The lowest BCUT2D eigenvalue weighted by molar-refractivity contribution is -0.118. The summed E-state index contributed by atoms with van der Waals surface area (Å²) in [6.07, 6.45) is 0.811. The number of benzene rings is 3. The Morgan fingerprint density at radius 1 is 0.970 bits per heavy atom. The summed E-state index contributed by atoms with van der Waals surface area (Å²) in [6.45, 7) is 4.34. The van der Waals surface area contributed by atoms with Crippen molar-refractivity contribution in [1.29, 1.82) is 0 Å². The summed E-state index contributed by atoms with van der Waals surface area (Å²) in [5.41, 5.74) is 4.00. The van der Waals surface area contributed by atoms with Crippen molar-refractivity contribution < 1.29 is 13.2 Å². The maximum atomic E-state index is 13.3. The second-order valence-electron chi connectivity index (χ2n) is 8.00. The normalized spacial score (nSPS) is 11.6. The Morgan fingerprint density at radius 3 is 2.39 bits per heavy atom. The first-order valence-corrected chi connectivity index (χ1v) is 13.4. The number of hydrogen-bond donors (Lipinski definition) is 0. The van der Waals surface area contributed by atoms with E-state index in [0.29, 0.717) is 11.7 Å². The highest BCUT2D eigenvalue weighted by Crippen LogP contribution is 2.31. The van der Waals surface area contributed by atoms with Crippen molar-refractivity contribution in [2.75, 3.05) is 10.7 Å². The number of hydrogen-bond acceptors (Lipinski definition) is 5. The van der Waals surface area contributed by atoms with Crippen LogP contribution in [0.3, 0.4) is 0 Å². The first-order valence-electron chi connectivity index (χ1n) is 10.9. The van der Waals surface area contributed by atoms with E-state index in [1.54, 1.807) is 29.2 Å². The topological polar surface area (TPSA) is 67.3 Å². The van der Waals surface area contributed by atoms with Crippen LogP contribution in [0.15, 0.2) is 77.7 Å². The molecule has 0 radical (unpaired) electrons. The second-order valence-corrected chi connectivity index (χ2v) is 11.1. The molecule has 1 aromatic heterocycles. The predicted molar refractivity (Wildman–Crippen MR) is 134 cm³/mol. The summed E-state index contributed by atoms with van der Waals surface area (Å²) in [4.78, 5) is 19.8. The fourth-order valence-electron chi connectivity index (χ4n) is 3.54. The van der Waals surface area contributed by atoms with Crippen LogP contribution in [0.4, 0.5) is 5.13 Å². The van der Waals surface area contributed by atoms with Crippen LogP contribution in [-0.2, 0) is 27.6 Å². The van der Waals surface area contributed by atoms with Gasteiger partial charge in [-0.15, -0.1) is 0 Å². The van der Waals surface area contributed by atoms with Gasteiger partial charge in [0, 0.05) is 6.42 Å². The molecular formula is C26H26N2O3S2. The molecule has 4 rings (SSSR count). The fourth-order valence-corrected chi connectivity index (χ4v) is 5.82. The number of carbonyl (C=O) groups excluding carboxylic acids is 1. The predicted octanol–water partition coefficient (Wildman–Crippen LogP) is 5.56. The molecule has 170 valence electrons. The molecule has 0 unspecified atom stereocenters. The molecule has 0 atom stereocenters. The first kappa shape index (κ1) is 23.1. The van der Waals surface area contributed by atoms with E-state index in [2.05, 4.69) is 13.0 Å². The standard InChI is InChI=1S/C26H26N2O3S2/c1-3-20-11-14-23-24(17-20)32-26(27-23)28(18-21-7-5-4-6-8-21)25(29)15-16-33(30,31)22-12-9-19(2)10-13-22/h4-14,17H,3,15-16,18H2,1-2H3. The number of carbonyl (C=O) groups is 1. The number of thiazole rings is 1. The molecule has 33 heavy (non-hydrogen) atoms. The van der Waals surface area contributed by atoms with Crippen LogP contribution in [0.5, 0.6) is 0 Å². The van der Waals surface area contributed by atoms with E-state index in [0.717, 1.165) is 27.8 Å². The van der Waals surface area contributed by atoms with Crippen LogP contribution in [0.2, 0.25) is 0 Å². The van der Waals surface area contributed by atoms with Gasteiger partial charge in [-0.25, -0.2) is 13.4 Å². The Morgan fingerprint density at radius 2 is 1.70 bits per heavy atom. The molecule has 0 fully saturated rings. The Kier molecular flexibility index (Phi) is 6.91. The molecule has 0 saturated carbocycles. The van der Waals surface area contributed by atoms with E-state index in [4.69, 9.17) is 4.98 Å². The number of anilines is 1. The van der Waals surface area contributed by atoms with E-state index in [9.17, 15) is 13.2 Å². The van der Waals surface area contributed by atoms with Gasteiger partial charge >= 0.3 is 0 Å². The van der Waals surface area contributed by atoms with Gasteiger partial charge in [-0.3, -0.25) is 9.69 Å². The number of nitrogens with zero attached hydrogens (tertiary/aromatic N) is 2. The lowest BCUT2D eigenvalue weighted by atomic mass is 10.2.